The Morgan fingerprint density at radius 2 is 2.06 bits per heavy atom. The van der Waals surface area contributed by atoms with Gasteiger partial charge in [0, 0.05) is 18.4 Å². The fourth-order valence-electron chi connectivity index (χ4n) is 2.48. The van der Waals surface area contributed by atoms with Gasteiger partial charge >= 0.3 is 0 Å². The van der Waals surface area contributed by atoms with E-state index in [0.29, 0.717) is 0 Å². The standard InChI is InChI=1S/C13H22N2O/c1-12(16)13-6-4-10-15(13)11-5-9-14-7-2-3-8-14/h4,6,10,12,16H,2-3,5,7-9,11H2,1H3. The molecule has 2 rings (SSSR count). The van der Waals surface area contributed by atoms with Gasteiger partial charge in [0.2, 0.25) is 0 Å². The third-order valence-electron chi connectivity index (χ3n) is 3.36. The van der Waals surface area contributed by atoms with Gasteiger partial charge in [0.25, 0.3) is 0 Å². The number of rotatable bonds is 5. The molecule has 3 nitrogen and oxygen atoms in total. The van der Waals surface area contributed by atoms with Gasteiger partial charge in [-0.25, -0.2) is 0 Å². The molecule has 1 unspecified atom stereocenters. The summed E-state index contributed by atoms with van der Waals surface area (Å²) >= 11 is 0. The molecular weight excluding hydrogens is 200 g/mol. The first-order valence-corrected chi connectivity index (χ1v) is 6.33. The molecule has 1 aromatic rings. The summed E-state index contributed by atoms with van der Waals surface area (Å²) in [4.78, 5) is 2.53. The average Bonchev–Trinajstić information content (AvgIpc) is 2.87. The molecular formula is C13H22N2O. The molecule has 0 spiro atoms. The zero-order valence-electron chi connectivity index (χ0n) is 10.1. The lowest BCUT2D eigenvalue weighted by Gasteiger charge is -2.16. The first kappa shape index (κ1) is 11.7. The van der Waals surface area contributed by atoms with Crippen LogP contribution in [0.2, 0.25) is 0 Å². The zero-order chi connectivity index (χ0) is 11.4. The summed E-state index contributed by atoms with van der Waals surface area (Å²) in [5, 5.41) is 9.57. The van der Waals surface area contributed by atoms with Crippen molar-refractivity contribution in [2.24, 2.45) is 0 Å². The Kier molecular flexibility index (Phi) is 4.02. The van der Waals surface area contributed by atoms with Crippen molar-refractivity contribution in [1.29, 1.82) is 0 Å². The van der Waals surface area contributed by atoms with Crippen molar-refractivity contribution in [3.8, 4) is 0 Å². The summed E-state index contributed by atoms with van der Waals surface area (Å²) in [6.07, 6.45) is 5.60. The van der Waals surface area contributed by atoms with E-state index in [0.717, 1.165) is 12.2 Å². The molecule has 3 heteroatoms. The summed E-state index contributed by atoms with van der Waals surface area (Å²) in [6.45, 7) is 6.58. The van der Waals surface area contributed by atoms with Gasteiger partial charge in [-0.05, 0) is 58.0 Å². The molecule has 0 amide bonds. The summed E-state index contributed by atoms with van der Waals surface area (Å²) in [5.41, 5.74) is 1.03. The number of aryl methyl sites for hydroxylation is 1. The second-order valence-corrected chi connectivity index (χ2v) is 4.70. The lowest BCUT2D eigenvalue weighted by atomic mass is 10.3. The summed E-state index contributed by atoms with van der Waals surface area (Å²) in [5.74, 6) is 0. The van der Waals surface area contributed by atoms with Crippen molar-refractivity contribution in [2.75, 3.05) is 19.6 Å². The highest BCUT2D eigenvalue weighted by Gasteiger charge is 2.11. The third-order valence-corrected chi connectivity index (χ3v) is 3.36. The van der Waals surface area contributed by atoms with E-state index in [1.54, 1.807) is 0 Å². The Morgan fingerprint density at radius 1 is 1.31 bits per heavy atom. The monoisotopic (exact) mass is 222 g/mol. The van der Waals surface area contributed by atoms with E-state index in [9.17, 15) is 5.11 Å². The predicted octanol–water partition coefficient (Wildman–Crippen LogP) is 2.03. The quantitative estimate of drug-likeness (QED) is 0.825. The molecule has 0 bridgehead atoms. The van der Waals surface area contributed by atoms with Crippen LogP contribution in [0.15, 0.2) is 18.3 Å². The second-order valence-electron chi connectivity index (χ2n) is 4.70. The SMILES string of the molecule is CC(O)c1cccn1CCCN1CCCC1. The smallest absolute Gasteiger partial charge is 0.0911 e. The predicted molar refractivity (Wildman–Crippen MR) is 65.4 cm³/mol. The molecule has 90 valence electrons. The molecule has 1 atom stereocenters. The molecule has 0 saturated carbocycles. The Bertz CT molecular complexity index is 313. The molecule has 1 aliphatic rings. The maximum Gasteiger partial charge on any atom is 0.0911 e. The van der Waals surface area contributed by atoms with Crippen molar-refractivity contribution < 1.29 is 5.11 Å². The summed E-state index contributed by atoms with van der Waals surface area (Å²) in [7, 11) is 0. The minimum Gasteiger partial charge on any atom is -0.387 e. The van der Waals surface area contributed by atoms with E-state index >= 15 is 0 Å². The average molecular weight is 222 g/mol. The number of aliphatic hydroxyl groups excluding tert-OH is 1. The highest BCUT2D eigenvalue weighted by molar-refractivity contribution is 5.09. The van der Waals surface area contributed by atoms with Crippen molar-refractivity contribution in [3.63, 3.8) is 0 Å². The fraction of sp³-hybridized carbons (Fsp3) is 0.692. The van der Waals surface area contributed by atoms with Crippen LogP contribution >= 0.6 is 0 Å². The van der Waals surface area contributed by atoms with Crippen LogP contribution in [0.5, 0.6) is 0 Å². The highest BCUT2D eigenvalue weighted by atomic mass is 16.3. The molecule has 1 aromatic heterocycles. The van der Waals surface area contributed by atoms with Crippen molar-refractivity contribution in [3.05, 3.63) is 24.0 Å². The molecule has 1 saturated heterocycles. The van der Waals surface area contributed by atoms with E-state index in [-0.39, 0.29) is 6.10 Å². The number of likely N-dealkylation sites (tertiary alicyclic amines) is 1. The summed E-state index contributed by atoms with van der Waals surface area (Å²) < 4.78 is 2.17. The van der Waals surface area contributed by atoms with Crippen molar-refractivity contribution in [2.45, 2.75) is 38.8 Å². The molecule has 1 aliphatic heterocycles. The van der Waals surface area contributed by atoms with Crippen LogP contribution in [0.25, 0.3) is 0 Å². The van der Waals surface area contributed by atoms with Gasteiger partial charge < -0.3 is 14.6 Å². The van der Waals surface area contributed by atoms with Gasteiger partial charge in [-0.2, -0.15) is 0 Å². The van der Waals surface area contributed by atoms with Gasteiger partial charge in [0.15, 0.2) is 0 Å². The topological polar surface area (TPSA) is 28.4 Å². The molecule has 0 aromatic carbocycles. The van der Waals surface area contributed by atoms with Crippen LogP contribution in [0.1, 0.15) is 38.0 Å². The third kappa shape index (κ3) is 2.86. The molecule has 1 fully saturated rings. The number of hydrogen-bond acceptors (Lipinski definition) is 2. The zero-order valence-corrected chi connectivity index (χ0v) is 10.1. The van der Waals surface area contributed by atoms with Gasteiger partial charge in [0.05, 0.1) is 6.10 Å². The molecule has 16 heavy (non-hydrogen) atoms. The van der Waals surface area contributed by atoms with Gasteiger partial charge in [-0.1, -0.05) is 0 Å². The van der Waals surface area contributed by atoms with E-state index in [4.69, 9.17) is 0 Å². The van der Waals surface area contributed by atoms with Gasteiger partial charge in [-0.3, -0.25) is 0 Å². The van der Waals surface area contributed by atoms with Crippen molar-refractivity contribution in [1.82, 2.24) is 9.47 Å². The Labute approximate surface area is 97.7 Å². The maximum atomic E-state index is 9.57. The normalized spacial score (nSPS) is 19.1. The Morgan fingerprint density at radius 3 is 2.75 bits per heavy atom. The van der Waals surface area contributed by atoms with Gasteiger partial charge in [-0.15, -0.1) is 0 Å². The van der Waals surface area contributed by atoms with Crippen molar-refractivity contribution >= 4 is 0 Å². The number of aromatic nitrogens is 1. The van der Waals surface area contributed by atoms with Gasteiger partial charge in [0.1, 0.15) is 0 Å². The van der Waals surface area contributed by atoms with Crippen LogP contribution < -0.4 is 0 Å². The largest absolute Gasteiger partial charge is 0.387 e. The highest BCUT2D eigenvalue weighted by Crippen LogP contribution is 2.14. The number of aliphatic hydroxyl groups is 1. The minimum atomic E-state index is -0.359. The Hall–Kier alpha value is -0.800. The molecule has 2 heterocycles. The van der Waals surface area contributed by atoms with Crippen LogP contribution in [0.4, 0.5) is 0 Å². The van der Waals surface area contributed by atoms with Crippen LogP contribution in [0.3, 0.4) is 0 Å². The first-order valence-electron chi connectivity index (χ1n) is 6.33. The minimum absolute atomic E-state index is 0.359. The second kappa shape index (κ2) is 5.51. The molecule has 1 N–H and O–H groups in total. The fourth-order valence-corrected chi connectivity index (χ4v) is 2.48. The van der Waals surface area contributed by atoms with Crippen LogP contribution in [-0.2, 0) is 6.54 Å². The lowest BCUT2D eigenvalue weighted by molar-refractivity contribution is 0.188. The summed E-state index contributed by atoms with van der Waals surface area (Å²) in [6, 6.07) is 4.01. The molecule has 0 aliphatic carbocycles. The molecule has 0 radical (unpaired) electrons. The Balaban J connectivity index is 1.78. The first-order chi connectivity index (χ1) is 7.77. The number of nitrogens with zero attached hydrogens (tertiary/aromatic N) is 2. The van der Waals surface area contributed by atoms with E-state index in [1.165, 1.54) is 38.9 Å². The number of hydrogen-bond donors (Lipinski definition) is 1. The van der Waals surface area contributed by atoms with Crippen LogP contribution in [0, 0.1) is 0 Å². The lowest BCUT2D eigenvalue weighted by Crippen LogP contribution is -2.21. The van der Waals surface area contributed by atoms with E-state index < -0.39 is 0 Å². The van der Waals surface area contributed by atoms with E-state index in [1.807, 2.05) is 19.1 Å². The van der Waals surface area contributed by atoms with E-state index in [2.05, 4.69) is 15.7 Å². The van der Waals surface area contributed by atoms with Crippen LogP contribution in [-0.4, -0.2) is 34.2 Å². The maximum absolute atomic E-state index is 9.57.